The molecule has 0 aliphatic carbocycles. The Balaban J connectivity index is 1.70. The quantitative estimate of drug-likeness (QED) is 0.726. The Hall–Kier alpha value is -2.24. The molecular weight excluding hydrogens is 342 g/mol. The average Bonchev–Trinajstić information content (AvgIpc) is 3.14. The molecule has 6 heteroatoms. The number of aromatic amines is 1. The Labute approximate surface area is 148 Å². The normalized spacial score (nSPS) is 13.3. The summed E-state index contributed by atoms with van der Waals surface area (Å²) in [5.74, 6) is -0.0405. The molecule has 0 saturated carbocycles. The van der Waals surface area contributed by atoms with Crippen LogP contribution in [0.25, 0.3) is 17.0 Å². The van der Waals surface area contributed by atoms with Crippen LogP contribution in [0.3, 0.4) is 0 Å². The molecule has 0 radical (unpaired) electrons. The summed E-state index contributed by atoms with van der Waals surface area (Å²) in [6.45, 7) is 0.806. The fraction of sp³-hybridized carbons (Fsp3) is 0.167. The van der Waals surface area contributed by atoms with Gasteiger partial charge in [-0.2, -0.15) is 0 Å². The molecule has 24 heavy (non-hydrogen) atoms. The first-order valence-electron chi connectivity index (χ1n) is 7.65. The number of benzene rings is 1. The zero-order valence-electron chi connectivity index (χ0n) is 13.1. The van der Waals surface area contributed by atoms with E-state index in [1.165, 1.54) is 0 Å². The summed E-state index contributed by atoms with van der Waals surface area (Å²) in [6, 6.07) is 7.65. The molecule has 1 aliphatic rings. The van der Waals surface area contributed by atoms with Gasteiger partial charge in [-0.05, 0) is 35.9 Å². The molecule has 3 aromatic rings. The van der Waals surface area contributed by atoms with Crippen molar-refractivity contribution in [1.29, 1.82) is 0 Å². The standard InChI is InChI=1S/C18H16ClN3OS/c1-22-5-4-13-14-7-11(19)8-15(18(14)21-16(13)10-22)20-17(23)9-12-3-2-6-24-12/h2-8,21H,9-10H2,1H3,(H,20,23). The van der Waals surface area contributed by atoms with Crippen LogP contribution in [0.5, 0.6) is 0 Å². The summed E-state index contributed by atoms with van der Waals surface area (Å²) >= 11 is 7.86. The number of carbonyl (C=O) groups excluding carboxylic acids is 1. The van der Waals surface area contributed by atoms with E-state index in [0.717, 1.165) is 39.3 Å². The lowest BCUT2D eigenvalue weighted by atomic mass is 10.1. The molecule has 1 aliphatic heterocycles. The maximum Gasteiger partial charge on any atom is 0.229 e. The first-order valence-corrected chi connectivity index (χ1v) is 8.90. The van der Waals surface area contributed by atoms with Gasteiger partial charge in [-0.1, -0.05) is 17.7 Å². The van der Waals surface area contributed by atoms with Gasteiger partial charge in [-0.15, -0.1) is 11.3 Å². The number of halogens is 1. The van der Waals surface area contributed by atoms with E-state index in [2.05, 4.69) is 21.3 Å². The fourth-order valence-electron chi connectivity index (χ4n) is 3.02. The largest absolute Gasteiger partial charge is 0.375 e. The van der Waals surface area contributed by atoms with Crippen LogP contribution in [-0.2, 0) is 17.8 Å². The van der Waals surface area contributed by atoms with Gasteiger partial charge in [0.1, 0.15) is 0 Å². The van der Waals surface area contributed by atoms with E-state index in [1.54, 1.807) is 17.4 Å². The van der Waals surface area contributed by atoms with Crippen molar-refractivity contribution >= 4 is 51.5 Å². The molecule has 0 bridgehead atoms. The number of aromatic nitrogens is 1. The van der Waals surface area contributed by atoms with Crippen LogP contribution in [0.15, 0.2) is 35.8 Å². The van der Waals surface area contributed by atoms with Crippen LogP contribution in [-0.4, -0.2) is 22.8 Å². The zero-order valence-corrected chi connectivity index (χ0v) is 14.7. The van der Waals surface area contributed by atoms with Crippen LogP contribution in [0, 0.1) is 0 Å². The van der Waals surface area contributed by atoms with Crippen molar-refractivity contribution < 1.29 is 4.79 Å². The van der Waals surface area contributed by atoms with Gasteiger partial charge in [0, 0.05) is 33.6 Å². The second-order valence-corrected chi connectivity index (χ2v) is 7.40. The van der Waals surface area contributed by atoms with Gasteiger partial charge in [0.25, 0.3) is 0 Å². The van der Waals surface area contributed by atoms with Crippen LogP contribution in [0.1, 0.15) is 16.1 Å². The highest BCUT2D eigenvalue weighted by Gasteiger charge is 2.18. The maximum atomic E-state index is 12.3. The van der Waals surface area contributed by atoms with Gasteiger partial charge in [-0.3, -0.25) is 4.79 Å². The Morgan fingerprint density at radius 3 is 3.12 bits per heavy atom. The molecule has 2 N–H and O–H groups in total. The van der Waals surface area contributed by atoms with Crippen molar-refractivity contribution in [2.45, 2.75) is 13.0 Å². The van der Waals surface area contributed by atoms with Gasteiger partial charge in [0.2, 0.25) is 5.91 Å². The second-order valence-electron chi connectivity index (χ2n) is 5.93. The third kappa shape index (κ3) is 2.81. The minimum absolute atomic E-state index is 0.0405. The summed E-state index contributed by atoms with van der Waals surface area (Å²) in [4.78, 5) is 18.9. The van der Waals surface area contributed by atoms with E-state index >= 15 is 0 Å². The van der Waals surface area contributed by atoms with Crippen molar-refractivity contribution in [1.82, 2.24) is 9.88 Å². The minimum atomic E-state index is -0.0405. The van der Waals surface area contributed by atoms with E-state index < -0.39 is 0 Å². The monoisotopic (exact) mass is 357 g/mol. The van der Waals surface area contributed by atoms with Gasteiger partial charge in [-0.25, -0.2) is 0 Å². The molecule has 0 fully saturated rings. The van der Waals surface area contributed by atoms with E-state index in [-0.39, 0.29) is 5.91 Å². The molecule has 0 unspecified atom stereocenters. The molecule has 0 atom stereocenters. The highest BCUT2D eigenvalue weighted by atomic mass is 35.5. The Morgan fingerprint density at radius 2 is 2.33 bits per heavy atom. The fourth-order valence-corrected chi connectivity index (χ4v) is 3.94. The zero-order chi connectivity index (χ0) is 16.7. The van der Waals surface area contributed by atoms with Crippen molar-refractivity contribution in [3.63, 3.8) is 0 Å². The van der Waals surface area contributed by atoms with Crippen LogP contribution in [0.4, 0.5) is 5.69 Å². The molecule has 122 valence electrons. The van der Waals surface area contributed by atoms with E-state index in [9.17, 15) is 4.79 Å². The van der Waals surface area contributed by atoms with Gasteiger partial charge in [0.05, 0.1) is 24.2 Å². The first kappa shape index (κ1) is 15.3. The molecule has 1 amide bonds. The number of hydrogen-bond donors (Lipinski definition) is 2. The van der Waals surface area contributed by atoms with Gasteiger partial charge in [0.15, 0.2) is 0 Å². The first-order chi connectivity index (χ1) is 11.6. The summed E-state index contributed by atoms with van der Waals surface area (Å²) in [5.41, 5.74) is 3.92. The minimum Gasteiger partial charge on any atom is -0.375 e. The number of fused-ring (bicyclic) bond motifs is 3. The molecule has 3 heterocycles. The lowest BCUT2D eigenvalue weighted by molar-refractivity contribution is -0.115. The lowest BCUT2D eigenvalue weighted by Gasteiger charge is -2.17. The summed E-state index contributed by atoms with van der Waals surface area (Å²) in [5, 5.41) is 6.62. The Morgan fingerprint density at radius 1 is 1.46 bits per heavy atom. The number of anilines is 1. The number of amides is 1. The number of H-pyrrole nitrogens is 1. The number of carbonyl (C=O) groups is 1. The highest BCUT2D eigenvalue weighted by molar-refractivity contribution is 7.10. The highest BCUT2D eigenvalue weighted by Crippen LogP contribution is 2.34. The van der Waals surface area contributed by atoms with Crippen LogP contribution >= 0.6 is 22.9 Å². The topological polar surface area (TPSA) is 48.1 Å². The maximum absolute atomic E-state index is 12.3. The summed E-state index contributed by atoms with van der Waals surface area (Å²) in [7, 11) is 2.03. The number of rotatable bonds is 3. The van der Waals surface area contributed by atoms with Crippen molar-refractivity contribution in [3.8, 4) is 0 Å². The van der Waals surface area contributed by atoms with Crippen LogP contribution < -0.4 is 5.32 Å². The molecule has 4 rings (SSSR count). The predicted octanol–water partition coefficient (Wildman–Crippen LogP) is 4.48. The predicted molar refractivity (Wildman–Crippen MR) is 100 cm³/mol. The molecule has 1 aromatic carbocycles. The van der Waals surface area contributed by atoms with Crippen LogP contribution in [0.2, 0.25) is 5.02 Å². The molecule has 2 aromatic heterocycles. The Kier molecular flexibility index (Phi) is 3.82. The number of nitrogens with zero attached hydrogens (tertiary/aromatic N) is 1. The lowest BCUT2D eigenvalue weighted by Crippen LogP contribution is -2.14. The molecular formula is C18H16ClN3OS. The number of hydrogen-bond acceptors (Lipinski definition) is 3. The van der Waals surface area contributed by atoms with E-state index in [1.807, 2.05) is 36.8 Å². The smallest absolute Gasteiger partial charge is 0.229 e. The summed E-state index contributed by atoms with van der Waals surface area (Å²) in [6.07, 6.45) is 4.49. The van der Waals surface area contributed by atoms with Crippen molar-refractivity contribution in [2.24, 2.45) is 0 Å². The molecule has 0 saturated heterocycles. The van der Waals surface area contributed by atoms with Gasteiger partial charge < -0.3 is 15.2 Å². The average molecular weight is 358 g/mol. The molecule has 0 spiro atoms. The van der Waals surface area contributed by atoms with E-state index in [4.69, 9.17) is 11.6 Å². The third-order valence-electron chi connectivity index (χ3n) is 4.09. The van der Waals surface area contributed by atoms with Gasteiger partial charge >= 0.3 is 0 Å². The summed E-state index contributed by atoms with van der Waals surface area (Å²) < 4.78 is 0. The van der Waals surface area contributed by atoms with E-state index in [0.29, 0.717) is 11.4 Å². The van der Waals surface area contributed by atoms with Crippen molar-refractivity contribution in [3.05, 3.63) is 57.0 Å². The molecule has 4 nitrogen and oxygen atoms in total. The number of thiophene rings is 1. The third-order valence-corrected chi connectivity index (χ3v) is 5.18. The Bertz CT molecular complexity index is 943. The van der Waals surface area contributed by atoms with Crippen molar-refractivity contribution in [2.75, 3.05) is 12.4 Å². The number of nitrogens with one attached hydrogen (secondary N) is 2. The SMILES string of the molecule is CN1C=Cc2c([nH]c3c(NC(=O)Cc4cccs4)cc(Cl)cc23)C1. The second kappa shape index (κ2) is 6.00.